The molecular weight excluding hydrogens is 375 g/mol. The molecule has 0 saturated heterocycles. The van der Waals surface area contributed by atoms with Crippen LogP contribution >= 0.6 is 23.2 Å². The highest BCUT2D eigenvalue weighted by Gasteiger charge is 2.24. The van der Waals surface area contributed by atoms with E-state index in [9.17, 15) is 4.79 Å². The SMILES string of the molecule is COc1cccc(C[NH+](C)[C@H](C)C(=O)Nc2cc(Cl)cc(Cl)c2)c1OC. The van der Waals surface area contributed by atoms with Crippen LogP contribution in [0.1, 0.15) is 12.5 Å². The summed E-state index contributed by atoms with van der Waals surface area (Å²) in [6.07, 6.45) is 0. The van der Waals surface area contributed by atoms with E-state index in [0.717, 1.165) is 10.5 Å². The highest BCUT2D eigenvalue weighted by atomic mass is 35.5. The van der Waals surface area contributed by atoms with Crippen LogP contribution in [-0.4, -0.2) is 33.2 Å². The van der Waals surface area contributed by atoms with Gasteiger partial charge in [-0.3, -0.25) is 4.79 Å². The summed E-state index contributed by atoms with van der Waals surface area (Å²) in [5, 5.41) is 3.81. The summed E-state index contributed by atoms with van der Waals surface area (Å²) in [5.41, 5.74) is 1.54. The molecule has 2 N–H and O–H groups in total. The molecule has 26 heavy (non-hydrogen) atoms. The van der Waals surface area contributed by atoms with Crippen molar-refractivity contribution in [2.45, 2.75) is 19.5 Å². The van der Waals surface area contributed by atoms with Crippen molar-refractivity contribution in [2.75, 3.05) is 26.6 Å². The Morgan fingerprint density at radius 3 is 2.38 bits per heavy atom. The van der Waals surface area contributed by atoms with Crippen molar-refractivity contribution in [2.24, 2.45) is 0 Å². The molecule has 0 saturated carbocycles. The van der Waals surface area contributed by atoms with E-state index in [0.29, 0.717) is 33.8 Å². The number of carbonyl (C=O) groups excluding carboxylic acids is 1. The van der Waals surface area contributed by atoms with Gasteiger partial charge in [0.2, 0.25) is 0 Å². The Morgan fingerprint density at radius 2 is 1.81 bits per heavy atom. The van der Waals surface area contributed by atoms with Gasteiger partial charge in [-0.15, -0.1) is 0 Å². The Bertz CT molecular complexity index is 763. The third-order valence-corrected chi connectivity index (χ3v) is 4.65. The van der Waals surface area contributed by atoms with Gasteiger partial charge in [-0.2, -0.15) is 0 Å². The van der Waals surface area contributed by atoms with Gasteiger partial charge in [0.15, 0.2) is 17.5 Å². The number of ether oxygens (including phenoxy) is 2. The van der Waals surface area contributed by atoms with Gasteiger partial charge in [-0.1, -0.05) is 29.3 Å². The van der Waals surface area contributed by atoms with Gasteiger partial charge in [0, 0.05) is 15.7 Å². The quantitative estimate of drug-likeness (QED) is 0.754. The minimum Gasteiger partial charge on any atom is -0.493 e. The number of quaternary nitrogens is 1. The second kappa shape index (κ2) is 9.12. The highest BCUT2D eigenvalue weighted by molar-refractivity contribution is 6.35. The maximum Gasteiger partial charge on any atom is 0.282 e. The first kappa shape index (κ1) is 20.4. The van der Waals surface area contributed by atoms with Crippen molar-refractivity contribution in [3.63, 3.8) is 0 Å². The Morgan fingerprint density at radius 1 is 1.15 bits per heavy atom. The van der Waals surface area contributed by atoms with Crippen LogP contribution in [0.25, 0.3) is 0 Å². The smallest absolute Gasteiger partial charge is 0.282 e. The van der Waals surface area contributed by atoms with Gasteiger partial charge in [0.1, 0.15) is 6.54 Å². The van der Waals surface area contributed by atoms with E-state index in [-0.39, 0.29) is 11.9 Å². The summed E-state index contributed by atoms with van der Waals surface area (Å²) in [6.45, 7) is 2.47. The Hall–Kier alpha value is -1.95. The molecule has 1 unspecified atom stereocenters. The Kier molecular flexibility index (Phi) is 7.14. The number of hydrogen-bond donors (Lipinski definition) is 2. The summed E-state index contributed by atoms with van der Waals surface area (Å²) in [6, 6.07) is 10.4. The minimum absolute atomic E-state index is 0.123. The fraction of sp³-hybridized carbons (Fsp3) is 0.316. The van der Waals surface area contributed by atoms with Crippen molar-refractivity contribution in [3.05, 3.63) is 52.0 Å². The van der Waals surface area contributed by atoms with Crippen LogP contribution in [0.15, 0.2) is 36.4 Å². The average molecular weight is 398 g/mol. The summed E-state index contributed by atoms with van der Waals surface area (Å²) in [4.78, 5) is 13.6. The molecular formula is C19H23Cl2N2O3+. The molecule has 2 rings (SSSR count). The summed E-state index contributed by atoms with van der Waals surface area (Å²) in [7, 11) is 5.16. The number of nitrogens with one attached hydrogen (secondary N) is 2. The van der Waals surface area contributed by atoms with Crippen LogP contribution in [0.4, 0.5) is 5.69 Å². The number of anilines is 1. The van der Waals surface area contributed by atoms with E-state index < -0.39 is 0 Å². The molecule has 0 spiro atoms. The standard InChI is InChI=1S/C19H22Cl2N2O3/c1-12(19(24)22-16-9-14(20)8-15(21)10-16)23(2)11-13-6-5-7-17(25-3)18(13)26-4/h5-10,12H,11H2,1-4H3,(H,22,24)/p+1/t12-/m1/s1. The maximum absolute atomic E-state index is 12.6. The van der Waals surface area contributed by atoms with Crippen molar-refractivity contribution in [1.29, 1.82) is 0 Å². The molecule has 1 amide bonds. The molecule has 140 valence electrons. The molecule has 0 aromatic heterocycles. The predicted octanol–water partition coefficient (Wildman–Crippen LogP) is 3.05. The first-order chi connectivity index (χ1) is 12.3. The first-order valence-electron chi connectivity index (χ1n) is 8.14. The second-order valence-corrected chi connectivity index (χ2v) is 6.92. The van der Waals surface area contributed by atoms with Gasteiger partial charge in [-0.25, -0.2) is 0 Å². The largest absolute Gasteiger partial charge is 0.493 e. The number of para-hydroxylation sites is 1. The van der Waals surface area contributed by atoms with E-state index in [2.05, 4.69) is 5.32 Å². The fourth-order valence-corrected chi connectivity index (χ4v) is 3.17. The number of rotatable bonds is 7. The van der Waals surface area contributed by atoms with Gasteiger partial charge < -0.3 is 19.7 Å². The average Bonchev–Trinajstić information content (AvgIpc) is 2.59. The summed E-state index contributed by atoms with van der Waals surface area (Å²) < 4.78 is 10.8. The normalized spacial score (nSPS) is 13.0. The zero-order chi connectivity index (χ0) is 19.3. The molecule has 7 heteroatoms. The van der Waals surface area contributed by atoms with Crippen LogP contribution < -0.4 is 19.7 Å². The van der Waals surface area contributed by atoms with Crippen LogP contribution in [0.5, 0.6) is 11.5 Å². The topological polar surface area (TPSA) is 52.0 Å². The third-order valence-electron chi connectivity index (χ3n) is 4.22. The van der Waals surface area contributed by atoms with Crippen molar-refractivity contribution in [1.82, 2.24) is 0 Å². The fourth-order valence-electron chi connectivity index (χ4n) is 2.65. The summed E-state index contributed by atoms with van der Waals surface area (Å²) in [5.74, 6) is 1.23. The Balaban J connectivity index is 2.09. The first-order valence-corrected chi connectivity index (χ1v) is 8.90. The number of benzene rings is 2. The maximum atomic E-state index is 12.6. The molecule has 2 atom stereocenters. The predicted molar refractivity (Wildman–Crippen MR) is 105 cm³/mol. The van der Waals surface area contributed by atoms with E-state index in [4.69, 9.17) is 32.7 Å². The van der Waals surface area contributed by atoms with E-state index in [1.807, 2.05) is 32.2 Å². The van der Waals surface area contributed by atoms with E-state index in [1.54, 1.807) is 32.4 Å². The number of amides is 1. The number of carbonyl (C=O) groups is 1. The zero-order valence-electron chi connectivity index (χ0n) is 15.2. The van der Waals surface area contributed by atoms with Crippen LogP contribution in [0.2, 0.25) is 10.0 Å². The molecule has 5 nitrogen and oxygen atoms in total. The number of methoxy groups -OCH3 is 2. The molecule has 0 radical (unpaired) electrons. The van der Waals surface area contributed by atoms with Gasteiger partial charge in [0.25, 0.3) is 5.91 Å². The number of hydrogen-bond acceptors (Lipinski definition) is 3. The minimum atomic E-state index is -0.302. The van der Waals surface area contributed by atoms with E-state index >= 15 is 0 Å². The lowest BCUT2D eigenvalue weighted by molar-refractivity contribution is -0.907. The molecule has 0 heterocycles. The molecule has 2 aromatic rings. The Labute approximate surface area is 163 Å². The number of likely N-dealkylation sites (N-methyl/N-ethyl adjacent to an activating group) is 1. The van der Waals surface area contributed by atoms with Gasteiger partial charge in [-0.05, 0) is 37.3 Å². The number of halogens is 2. The molecule has 0 bridgehead atoms. The monoisotopic (exact) mass is 397 g/mol. The second-order valence-electron chi connectivity index (χ2n) is 6.04. The molecule has 2 aromatic carbocycles. The summed E-state index contributed by atoms with van der Waals surface area (Å²) >= 11 is 12.0. The highest BCUT2D eigenvalue weighted by Crippen LogP contribution is 2.30. The van der Waals surface area contributed by atoms with Crippen LogP contribution in [-0.2, 0) is 11.3 Å². The zero-order valence-corrected chi connectivity index (χ0v) is 16.7. The van der Waals surface area contributed by atoms with Crippen LogP contribution in [0.3, 0.4) is 0 Å². The molecule has 0 fully saturated rings. The van der Waals surface area contributed by atoms with Crippen molar-refractivity contribution < 1.29 is 19.2 Å². The van der Waals surface area contributed by atoms with Crippen LogP contribution in [0, 0.1) is 0 Å². The van der Waals surface area contributed by atoms with Gasteiger partial charge >= 0.3 is 0 Å². The lowest BCUT2D eigenvalue weighted by Crippen LogP contribution is -3.12. The lowest BCUT2D eigenvalue weighted by atomic mass is 10.1. The van der Waals surface area contributed by atoms with Crippen molar-refractivity contribution >= 4 is 34.8 Å². The molecule has 0 aliphatic heterocycles. The third kappa shape index (κ3) is 5.04. The van der Waals surface area contributed by atoms with Crippen molar-refractivity contribution in [3.8, 4) is 11.5 Å². The lowest BCUT2D eigenvalue weighted by Gasteiger charge is -2.22. The molecule has 0 aliphatic carbocycles. The van der Waals surface area contributed by atoms with Gasteiger partial charge in [0.05, 0.1) is 26.8 Å². The molecule has 0 aliphatic rings. The van der Waals surface area contributed by atoms with E-state index in [1.165, 1.54) is 0 Å².